The van der Waals surface area contributed by atoms with Crippen LogP contribution in [0.15, 0.2) is 0 Å². The Morgan fingerprint density at radius 3 is 2.67 bits per heavy atom. The summed E-state index contributed by atoms with van der Waals surface area (Å²) in [6.07, 6.45) is -1.30. The first-order valence-corrected chi connectivity index (χ1v) is 5.62. The molecular formula is C10H21F2N3. The van der Waals surface area contributed by atoms with Crippen LogP contribution in [0, 0.1) is 0 Å². The summed E-state index contributed by atoms with van der Waals surface area (Å²) in [6, 6.07) is 0.263. The molecule has 0 aromatic rings. The van der Waals surface area contributed by atoms with Gasteiger partial charge in [-0.3, -0.25) is 9.80 Å². The molecule has 15 heavy (non-hydrogen) atoms. The molecule has 1 rings (SSSR count). The highest BCUT2D eigenvalue weighted by molar-refractivity contribution is 4.81. The Morgan fingerprint density at radius 1 is 1.40 bits per heavy atom. The predicted molar refractivity (Wildman–Crippen MR) is 57.2 cm³/mol. The first-order chi connectivity index (χ1) is 7.17. The summed E-state index contributed by atoms with van der Waals surface area (Å²) >= 11 is 0. The number of hydrogen-bond acceptors (Lipinski definition) is 3. The molecule has 1 atom stereocenters. The van der Waals surface area contributed by atoms with Crippen molar-refractivity contribution in [3.05, 3.63) is 0 Å². The fourth-order valence-corrected chi connectivity index (χ4v) is 2.15. The van der Waals surface area contributed by atoms with E-state index in [1.165, 1.54) is 0 Å². The Balaban J connectivity index is 2.41. The van der Waals surface area contributed by atoms with E-state index in [1.807, 2.05) is 4.90 Å². The van der Waals surface area contributed by atoms with Crippen LogP contribution in [0.25, 0.3) is 0 Å². The quantitative estimate of drug-likeness (QED) is 0.738. The standard InChI is InChI=1S/C10H21F2N3/c1-2-9-7-14(4-3-13)5-6-15(9)8-10(11)12/h9-10H,2-8,13H2,1H3. The lowest BCUT2D eigenvalue weighted by atomic mass is 10.1. The van der Waals surface area contributed by atoms with E-state index in [-0.39, 0.29) is 12.6 Å². The Morgan fingerprint density at radius 2 is 2.13 bits per heavy atom. The molecular weight excluding hydrogens is 200 g/mol. The maximum atomic E-state index is 12.3. The molecule has 1 aliphatic heterocycles. The Hall–Kier alpha value is -0.260. The van der Waals surface area contributed by atoms with E-state index in [2.05, 4.69) is 11.8 Å². The van der Waals surface area contributed by atoms with Gasteiger partial charge in [-0.15, -0.1) is 0 Å². The third-order valence-corrected chi connectivity index (χ3v) is 2.98. The zero-order valence-corrected chi connectivity index (χ0v) is 9.33. The van der Waals surface area contributed by atoms with Gasteiger partial charge in [-0.2, -0.15) is 0 Å². The third kappa shape index (κ3) is 4.01. The first-order valence-electron chi connectivity index (χ1n) is 5.62. The number of halogens is 2. The molecule has 0 radical (unpaired) electrons. The van der Waals surface area contributed by atoms with Gasteiger partial charge in [-0.25, -0.2) is 8.78 Å². The van der Waals surface area contributed by atoms with Crippen LogP contribution in [0.2, 0.25) is 0 Å². The highest BCUT2D eigenvalue weighted by Crippen LogP contribution is 2.13. The van der Waals surface area contributed by atoms with E-state index in [9.17, 15) is 8.78 Å². The molecule has 0 bridgehead atoms. The van der Waals surface area contributed by atoms with E-state index < -0.39 is 6.43 Å². The molecule has 1 aliphatic rings. The maximum absolute atomic E-state index is 12.3. The van der Waals surface area contributed by atoms with Gasteiger partial charge < -0.3 is 5.73 Å². The van der Waals surface area contributed by atoms with Gasteiger partial charge in [0.05, 0.1) is 6.54 Å². The van der Waals surface area contributed by atoms with Gasteiger partial charge in [-0.05, 0) is 6.42 Å². The van der Waals surface area contributed by atoms with Crippen molar-refractivity contribution in [2.75, 3.05) is 39.3 Å². The first kappa shape index (κ1) is 12.8. The smallest absolute Gasteiger partial charge is 0.251 e. The fourth-order valence-electron chi connectivity index (χ4n) is 2.15. The number of rotatable bonds is 5. The van der Waals surface area contributed by atoms with Crippen LogP contribution in [0.4, 0.5) is 8.78 Å². The molecule has 1 fully saturated rings. The Labute approximate surface area is 90.2 Å². The van der Waals surface area contributed by atoms with E-state index in [4.69, 9.17) is 5.73 Å². The van der Waals surface area contributed by atoms with Crippen LogP contribution in [0.5, 0.6) is 0 Å². The third-order valence-electron chi connectivity index (χ3n) is 2.98. The van der Waals surface area contributed by atoms with Gasteiger partial charge in [0.15, 0.2) is 0 Å². The Bertz CT molecular complexity index is 178. The summed E-state index contributed by atoms with van der Waals surface area (Å²) < 4.78 is 24.6. The molecule has 0 spiro atoms. The summed E-state index contributed by atoms with van der Waals surface area (Å²) in [5.74, 6) is 0. The topological polar surface area (TPSA) is 32.5 Å². The lowest BCUT2D eigenvalue weighted by Gasteiger charge is -2.40. The number of piperazine rings is 1. The van der Waals surface area contributed by atoms with Crippen molar-refractivity contribution in [1.82, 2.24) is 9.80 Å². The van der Waals surface area contributed by atoms with E-state index in [0.717, 1.165) is 32.6 Å². The second kappa shape index (κ2) is 6.35. The molecule has 3 nitrogen and oxygen atoms in total. The van der Waals surface area contributed by atoms with Gasteiger partial charge in [0.1, 0.15) is 0 Å². The lowest BCUT2D eigenvalue weighted by Crippen LogP contribution is -2.54. The Kier molecular flexibility index (Phi) is 5.42. The molecule has 90 valence electrons. The normalized spacial score (nSPS) is 25.0. The number of nitrogens with zero attached hydrogens (tertiary/aromatic N) is 2. The van der Waals surface area contributed by atoms with Crippen molar-refractivity contribution >= 4 is 0 Å². The largest absolute Gasteiger partial charge is 0.329 e. The molecule has 0 amide bonds. The van der Waals surface area contributed by atoms with Crippen LogP contribution < -0.4 is 5.73 Å². The van der Waals surface area contributed by atoms with Gasteiger partial charge in [0.25, 0.3) is 6.43 Å². The van der Waals surface area contributed by atoms with E-state index >= 15 is 0 Å². The molecule has 0 aromatic carbocycles. The summed E-state index contributed by atoms with van der Waals surface area (Å²) in [5, 5.41) is 0. The van der Waals surface area contributed by atoms with E-state index in [0.29, 0.717) is 6.54 Å². The molecule has 0 aliphatic carbocycles. The number of alkyl halides is 2. The summed E-state index contributed by atoms with van der Waals surface area (Å²) in [5.41, 5.74) is 5.49. The van der Waals surface area contributed by atoms with Crippen molar-refractivity contribution in [2.24, 2.45) is 5.73 Å². The minimum absolute atomic E-state index is 0.0883. The fraction of sp³-hybridized carbons (Fsp3) is 1.00. The van der Waals surface area contributed by atoms with Gasteiger partial charge in [0, 0.05) is 38.8 Å². The van der Waals surface area contributed by atoms with Crippen molar-refractivity contribution in [3.63, 3.8) is 0 Å². The van der Waals surface area contributed by atoms with E-state index in [1.54, 1.807) is 0 Å². The van der Waals surface area contributed by atoms with Crippen LogP contribution in [0.1, 0.15) is 13.3 Å². The van der Waals surface area contributed by atoms with Crippen molar-refractivity contribution in [3.8, 4) is 0 Å². The molecule has 0 aromatic heterocycles. The van der Waals surface area contributed by atoms with Crippen LogP contribution in [0.3, 0.4) is 0 Å². The van der Waals surface area contributed by atoms with Crippen molar-refractivity contribution < 1.29 is 8.78 Å². The lowest BCUT2D eigenvalue weighted by molar-refractivity contribution is 0.0201. The molecule has 5 heteroatoms. The molecule has 1 unspecified atom stereocenters. The molecule has 2 N–H and O–H groups in total. The van der Waals surface area contributed by atoms with Gasteiger partial charge >= 0.3 is 0 Å². The van der Waals surface area contributed by atoms with Crippen LogP contribution >= 0.6 is 0 Å². The zero-order chi connectivity index (χ0) is 11.3. The van der Waals surface area contributed by atoms with Crippen LogP contribution in [-0.4, -0.2) is 61.5 Å². The highest BCUT2D eigenvalue weighted by Gasteiger charge is 2.26. The second-order valence-corrected chi connectivity index (χ2v) is 4.04. The monoisotopic (exact) mass is 221 g/mol. The van der Waals surface area contributed by atoms with Crippen molar-refractivity contribution in [1.29, 1.82) is 0 Å². The average Bonchev–Trinajstić information content (AvgIpc) is 2.20. The average molecular weight is 221 g/mol. The molecule has 1 heterocycles. The second-order valence-electron chi connectivity index (χ2n) is 4.04. The summed E-state index contributed by atoms with van der Waals surface area (Å²) in [6.45, 7) is 5.96. The minimum atomic E-state index is -2.22. The zero-order valence-electron chi connectivity index (χ0n) is 9.33. The summed E-state index contributed by atoms with van der Waals surface area (Å²) in [7, 11) is 0. The van der Waals surface area contributed by atoms with Crippen LogP contribution in [-0.2, 0) is 0 Å². The van der Waals surface area contributed by atoms with Gasteiger partial charge in [-0.1, -0.05) is 6.92 Å². The predicted octanol–water partition coefficient (Wildman–Crippen LogP) is 0.606. The molecule has 1 saturated heterocycles. The highest BCUT2D eigenvalue weighted by atomic mass is 19.3. The molecule has 0 saturated carbocycles. The minimum Gasteiger partial charge on any atom is -0.329 e. The van der Waals surface area contributed by atoms with Crippen molar-refractivity contribution in [2.45, 2.75) is 25.8 Å². The number of nitrogens with two attached hydrogens (primary N) is 1. The maximum Gasteiger partial charge on any atom is 0.251 e. The number of hydrogen-bond donors (Lipinski definition) is 1. The summed E-state index contributed by atoms with van der Waals surface area (Å²) in [4.78, 5) is 4.16. The SMILES string of the molecule is CCC1CN(CCN)CCN1CC(F)F. The van der Waals surface area contributed by atoms with Gasteiger partial charge in [0.2, 0.25) is 0 Å².